The Hall–Kier alpha value is -1.82. The average molecular weight is 284 g/mol. The largest absolute Gasteiger partial charge is 0.416 e. The van der Waals surface area contributed by atoms with Crippen LogP contribution in [-0.4, -0.2) is 14.9 Å². The normalized spacial score (nSPS) is 13.5. The van der Waals surface area contributed by atoms with Crippen LogP contribution in [0.15, 0.2) is 30.3 Å². The van der Waals surface area contributed by atoms with Gasteiger partial charge in [-0.3, -0.25) is 4.68 Å². The fraction of sp³-hybridized carbons (Fsp3) is 0.357. The van der Waals surface area contributed by atoms with Gasteiger partial charge in [0.15, 0.2) is 0 Å². The van der Waals surface area contributed by atoms with Crippen LogP contribution in [0.2, 0.25) is 0 Å². The number of alkyl halides is 3. The first kappa shape index (κ1) is 14.6. The lowest BCUT2D eigenvalue weighted by Gasteiger charge is -2.14. The first-order chi connectivity index (χ1) is 9.27. The molecule has 2 aromatic rings. The minimum absolute atomic E-state index is 0.126. The number of aliphatic hydroxyl groups is 1. The maximum Gasteiger partial charge on any atom is 0.416 e. The van der Waals surface area contributed by atoms with E-state index in [4.69, 9.17) is 0 Å². The van der Waals surface area contributed by atoms with Gasteiger partial charge in [-0.1, -0.05) is 12.1 Å². The zero-order chi connectivity index (χ0) is 14.9. The van der Waals surface area contributed by atoms with Gasteiger partial charge in [-0.05, 0) is 37.6 Å². The molecule has 20 heavy (non-hydrogen) atoms. The van der Waals surface area contributed by atoms with Crippen molar-refractivity contribution in [1.82, 2.24) is 9.78 Å². The van der Waals surface area contributed by atoms with E-state index in [1.807, 2.05) is 19.9 Å². The number of aromatic nitrogens is 2. The zero-order valence-corrected chi connectivity index (χ0v) is 11.1. The quantitative estimate of drug-likeness (QED) is 0.939. The fourth-order valence-corrected chi connectivity index (χ4v) is 2.05. The molecule has 0 aliphatic carbocycles. The highest BCUT2D eigenvalue weighted by atomic mass is 19.4. The summed E-state index contributed by atoms with van der Waals surface area (Å²) in [6, 6.07) is 6.57. The first-order valence-electron chi connectivity index (χ1n) is 6.13. The Balaban J connectivity index is 2.21. The van der Waals surface area contributed by atoms with Crippen molar-refractivity contribution in [3.63, 3.8) is 0 Å². The lowest BCUT2D eigenvalue weighted by atomic mass is 10.1. The Morgan fingerprint density at radius 3 is 2.50 bits per heavy atom. The Kier molecular flexibility index (Phi) is 3.85. The Morgan fingerprint density at radius 1 is 1.25 bits per heavy atom. The third-order valence-electron chi connectivity index (χ3n) is 3.05. The second-order valence-corrected chi connectivity index (χ2v) is 4.75. The summed E-state index contributed by atoms with van der Waals surface area (Å²) >= 11 is 0. The Bertz CT molecular complexity index is 605. The van der Waals surface area contributed by atoms with Crippen molar-refractivity contribution in [3.8, 4) is 0 Å². The van der Waals surface area contributed by atoms with Gasteiger partial charge >= 0.3 is 6.18 Å². The third kappa shape index (κ3) is 3.19. The summed E-state index contributed by atoms with van der Waals surface area (Å²) in [4.78, 5) is 0. The van der Waals surface area contributed by atoms with Crippen LogP contribution in [0, 0.1) is 13.8 Å². The number of hydrogen-bond donors (Lipinski definition) is 1. The molecule has 0 saturated heterocycles. The van der Waals surface area contributed by atoms with E-state index in [2.05, 4.69) is 5.10 Å². The molecule has 1 atom stereocenters. The van der Waals surface area contributed by atoms with Gasteiger partial charge in [0.1, 0.15) is 0 Å². The van der Waals surface area contributed by atoms with E-state index < -0.39 is 17.8 Å². The minimum atomic E-state index is -4.41. The number of rotatable bonds is 3. The maximum atomic E-state index is 12.6. The second kappa shape index (κ2) is 5.28. The number of aryl methyl sites for hydroxylation is 2. The molecule has 108 valence electrons. The molecular weight excluding hydrogens is 269 g/mol. The summed E-state index contributed by atoms with van der Waals surface area (Å²) in [5.74, 6) is 0. The highest BCUT2D eigenvalue weighted by molar-refractivity contribution is 5.27. The smallest absolute Gasteiger partial charge is 0.386 e. The summed E-state index contributed by atoms with van der Waals surface area (Å²) in [6.45, 7) is 3.78. The van der Waals surface area contributed by atoms with Crippen LogP contribution < -0.4 is 0 Å². The Labute approximate surface area is 114 Å². The molecule has 0 aliphatic rings. The van der Waals surface area contributed by atoms with E-state index in [1.165, 1.54) is 12.1 Å². The van der Waals surface area contributed by atoms with Crippen LogP contribution in [0.25, 0.3) is 0 Å². The molecule has 1 aromatic heterocycles. The Morgan fingerprint density at radius 2 is 1.95 bits per heavy atom. The van der Waals surface area contributed by atoms with Gasteiger partial charge in [-0.2, -0.15) is 18.3 Å². The number of nitrogens with zero attached hydrogens (tertiary/aromatic N) is 2. The average Bonchev–Trinajstić information content (AvgIpc) is 2.67. The molecule has 0 bridgehead atoms. The summed E-state index contributed by atoms with van der Waals surface area (Å²) in [5.41, 5.74) is 1.13. The van der Waals surface area contributed by atoms with Crippen molar-refractivity contribution in [2.75, 3.05) is 0 Å². The van der Waals surface area contributed by atoms with E-state index in [1.54, 1.807) is 4.68 Å². The molecule has 0 amide bonds. The van der Waals surface area contributed by atoms with Crippen LogP contribution in [-0.2, 0) is 12.7 Å². The molecule has 1 N–H and O–H groups in total. The van der Waals surface area contributed by atoms with E-state index in [0.29, 0.717) is 0 Å². The highest BCUT2D eigenvalue weighted by Crippen LogP contribution is 2.31. The van der Waals surface area contributed by atoms with Crippen molar-refractivity contribution in [3.05, 3.63) is 52.8 Å². The monoisotopic (exact) mass is 284 g/mol. The highest BCUT2D eigenvalue weighted by Gasteiger charge is 2.30. The van der Waals surface area contributed by atoms with Gasteiger partial charge in [0.2, 0.25) is 0 Å². The topological polar surface area (TPSA) is 38.0 Å². The van der Waals surface area contributed by atoms with E-state index >= 15 is 0 Å². The molecule has 0 saturated carbocycles. The van der Waals surface area contributed by atoms with Crippen LogP contribution in [0.1, 0.15) is 28.6 Å². The summed E-state index contributed by atoms with van der Waals surface area (Å²) in [6.07, 6.45) is -5.44. The molecular formula is C14H15F3N2O. The lowest BCUT2D eigenvalue weighted by Crippen LogP contribution is -2.13. The summed E-state index contributed by atoms with van der Waals surface area (Å²) in [5, 5.41) is 14.3. The van der Waals surface area contributed by atoms with Gasteiger partial charge in [-0.25, -0.2) is 0 Å². The molecule has 0 spiro atoms. The van der Waals surface area contributed by atoms with Gasteiger partial charge in [-0.15, -0.1) is 0 Å². The molecule has 6 heteroatoms. The molecule has 3 nitrogen and oxygen atoms in total. The van der Waals surface area contributed by atoms with Crippen molar-refractivity contribution in [2.24, 2.45) is 0 Å². The molecule has 0 fully saturated rings. The minimum Gasteiger partial charge on any atom is -0.386 e. The number of benzene rings is 1. The number of hydrogen-bond acceptors (Lipinski definition) is 2. The van der Waals surface area contributed by atoms with Gasteiger partial charge in [0.05, 0.1) is 23.9 Å². The van der Waals surface area contributed by atoms with Gasteiger partial charge in [0, 0.05) is 5.69 Å². The van der Waals surface area contributed by atoms with Crippen molar-refractivity contribution in [2.45, 2.75) is 32.7 Å². The molecule has 0 radical (unpaired) electrons. The zero-order valence-electron chi connectivity index (χ0n) is 11.1. The molecule has 2 rings (SSSR count). The second-order valence-electron chi connectivity index (χ2n) is 4.75. The van der Waals surface area contributed by atoms with Crippen LogP contribution in [0.5, 0.6) is 0 Å². The van der Waals surface area contributed by atoms with Crippen LogP contribution >= 0.6 is 0 Å². The van der Waals surface area contributed by atoms with Crippen molar-refractivity contribution < 1.29 is 18.3 Å². The first-order valence-corrected chi connectivity index (χ1v) is 6.13. The summed E-state index contributed by atoms with van der Waals surface area (Å²) < 4.78 is 39.5. The molecule has 0 aliphatic heterocycles. The molecule has 1 aromatic carbocycles. The number of aliphatic hydroxyl groups excluding tert-OH is 1. The lowest BCUT2D eigenvalue weighted by molar-refractivity contribution is -0.137. The van der Waals surface area contributed by atoms with Crippen LogP contribution in [0.4, 0.5) is 13.2 Å². The maximum absolute atomic E-state index is 12.6. The molecule has 1 unspecified atom stereocenters. The fourth-order valence-electron chi connectivity index (χ4n) is 2.05. The molecule has 1 heterocycles. The van der Waals surface area contributed by atoms with Crippen LogP contribution in [0.3, 0.4) is 0 Å². The predicted octanol–water partition coefficient (Wildman–Crippen LogP) is 3.25. The third-order valence-corrected chi connectivity index (χ3v) is 3.05. The van der Waals surface area contributed by atoms with E-state index in [-0.39, 0.29) is 12.1 Å². The van der Waals surface area contributed by atoms with E-state index in [9.17, 15) is 18.3 Å². The van der Waals surface area contributed by atoms with Gasteiger partial charge < -0.3 is 5.11 Å². The van der Waals surface area contributed by atoms with Crippen molar-refractivity contribution in [1.29, 1.82) is 0 Å². The summed E-state index contributed by atoms with van der Waals surface area (Å²) in [7, 11) is 0. The van der Waals surface area contributed by atoms with Crippen molar-refractivity contribution >= 4 is 0 Å². The standard InChI is InChI=1S/C14H15F3N2O/c1-9-6-10(2)19(18-9)8-13(20)11-4-3-5-12(7-11)14(15,16)17/h3-7,13,20H,8H2,1-2H3. The SMILES string of the molecule is Cc1cc(C)n(CC(O)c2cccc(C(F)(F)F)c2)n1. The number of halogens is 3. The van der Waals surface area contributed by atoms with Gasteiger partial charge in [0.25, 0.3) is 0 Å². The van der Waals surface area contributed by atoms with E-state index in [0.717, 1.165) is 23.5 Å². The predicted molar refractivity (Wildman–Crippen MR) is 68.1 cm³/mol.